The summed E-state index contributed by atoms with van der Waals surface area (Å²) in [7, 11) is 15.4. The first-order valence-electron chi connectivity index (χ1n) is 48.8. The van der Waals surface area contributed by atoms with Crippen LogP contribution in [0.1, 0.15) is 145 Å². The number of nitrogens with one attached hydrogen (secondary N) is 1. The molecule has 0 amide bonds. The zero-order valence-electron chi connectivity index (χ0n) is 85.1. The number of hydrogen-bond donors (Lipinski definition) is 1. The number of nitriles is 5. The smallest absolute Gasteiger partial charge is 0.115 e. The van der Waals surface area contributed by atoms with Gasteiger partial charge in [0.25, 0.3) is 0 Å². The van der Waals surface area contributed by atoms with Crippen molar-refractivity contribution in [2.45, 2.75) is 111 Å². The van der Waals surface area contributed by atoms with Crippen LogP contribution in [0.4, 0.5) is 0 Å². The van der Waals surface area contributed by atoms with E-state index in [1.54, 1.807) is 75.9 Å². The van der Waals surface area contributed by atoms with Crippen LogP contribution in [0, 0.1) is 77.4 Å². The first-order chi connectivity index (χ1) is 72.9. The summed E-state index contributed by atoms with van der Waals surface area (Å²) >= 11 is 19.5. The zero-order chi connectivity index (χ0) is 105. The molecule has 20 aromatic rings. The summed E-state index contributed by atoms with van der Waals surface area (Å²) in [5.74, 6) is 0. The molecule has 0 aliphatic carbocycles. The van der Waals surface area contributed by atoms with Crippen molar-refractivity contribution in [2.75, 3.05) is 13.7 Å². The van der Waals surface area contributed by atoms with Crippen LogP contribution in [-0.4, -0.2) is 131 Å². The van der Waals surface area contributed by atoms with E-state index in [4.69, 9.17) is 90.8 Å². The number of halogens is 3. The van der Waals surface area contributed by atoms with E-state index in [1.165, 1.54) is 34.3 Å². The molecule has 33 heteroatoms. The topological polar surface area (TPSA) is 385 Å². The molecule has 5 aromatic carbocycles. The average molecular weight is 2040 g/mol. The van der Waals surface area contributed by atoms with Crippen molar-refractivity contribution in [3.8, 4) is 87.3 Å². The molecule has 0 aliphatic heterocycles. The van der Waals surface area contributed by atoms with Gasteiger partial charge in [0.15, 0.2) is 0 Å². The van der Waals surface area contributed by atoms with E-state index in [1.807, 2.05) is 198 Å². The van der Waals surface area contributed by atoms with Crippen molar-refractivity contribution >= 4 is 138 Å². The fourth-order valence-corrected chi connectivity index (χ4v) is 18.4. The Balaban J connectivity index is 0.000000134. The van der Waals surface area contributed by atoms with Crippen molar-refractivity contribution in [3.05, 3.63) is 343 Å². The van der Waals surface area contributed by atoms with Crippen LogP contribution in [0.2, 0.25) is 15.1 Å². The Kier molecular flexibility index (Phi) is 35.0. The molecule has 15 aromatic heterocycles. The van der Waals surface area contributed by atoms with Gasteiger partial charge < -0.3 is 27.6 Å². The SMILES string of the molecule is COCCCc1cc(/C=C/c2cc(-c3cncn3C)nc3cc(Cl)c(CCC#N)cc23)ccn1.Cc1cc(/C=C/c2cc(-c3cncn3C)nc3cc(Cl)c(CCC#N)cc23)n[nH]1.Cc1cc2nc(-c3cncn3C)cc(/C=C/c3cncnc3)c2cc1CCC#N.Cc1cc2nc(-c3cncn3C)cc(CCc3ccnn3C)c2cc1CCC#N.Cn1cncc1-c1cc(/C=C/c2ccnn2C)c2cc(CCC#N)c(Cl)cc2n1. The Morgan fingerprint density at radius 3 is 1.11 bits per heavy atom. The summed E-state index contributed by atoms with van der Waals surface area (Å²) < 4.78 is 18.7. The summed E-state index contributed by atoms with van der Waals surface area (Å²) in [5, 5.41) is 67.6. The second-order valence-electron chi connectivity index (χ2n) is 36.3. The number of ether oxygens (including phenoxy) is 1. The molecular weight excluding hydrogens is 1930 g/mol. The normalized spacial score (nSPS) is 11.3. The lowest BCUT2D eigenvalue weighted by molar-refractivity contribution is 0.195. The van der Waals surface area contributed by atoms with Gasteiger partial charge in [0, 0.05) is 191 Å². The summed E-state index contributed by atoms with van der Waals surface area (Å²) in [6.45, 7) is 6.86. The highest BCUT2D eigenvalue weighted by Gasteiger charge is 2.21. The second kappa shape index (κ2) is 49.9. The number of H-pyrrole nitrogens is 1. The van der Waals surface area contributed by atoms with E-state index in [0.717, 1.165) is 235 Å². The maximum atomic E-state index is 9.02. The molecule has 0 radical (unpaired) electrons. The Morgan fingerprint density at radius 2 is 0.727 bits per heavy atom. The lowest BCUT2D eigenvalue weighted by atomic mass is 9.95. The zero-order valence-corrected chi connectivity index (χ0v) is 87.3. The third-order valence-corrected chi connectivity index (χ3v) is 26.8. The Bertz CT molecular complexity index is 8640. The number of imidazole rings is 5. The Hall–Kier alpha value is -17.7. The highest BCUT2D eigenvalue weighted by molar-refractivity contribution is 6.33. The summed E-state index contributed by atoms with van der Waals surface area (Å²) in [6, 6.07) is 52.0. The first-order valence-corrected chi connectivity index (χ1v) is 49.9. The quantitative estimate of drug-likeness (QED) is 0.0409. The third-order valence-electron chi connectivity index (χ3n) is 25.7. The number of aromatic amines is 1. The van der Waals surface area contributed by atoms with Crippen LogP contribution >= 0.6 is 34.8 Å². The number of benzene rings is 5. The van der Waals surface area contributed by atoms with E-state index < -0.39 is 0 Å². The average Bonchev–Trinajstić information content (AvgIpc) is 1.73. The Labute approximate surface area is 884 Å². The molecular formula is C117H108Cl3N29O. The van der Waals surface area contributed by atoms with Crippen LogP contribution in [0.3, 0.4) is 0 Å². The summed E-state index contributed by atoms with van der Waals surface area (Å²) in [5.41, 5.74) is 33.3. The van der Waals surface area contributed by atoms with Crippen molar-refractivity contribution in [1.29, 1.82) is 26.3 Å². The Morgan fingerprint density at radius 1 is 0.347 bits per heavy atom. The van der Waals surface area contributed by atoms with E-state index >= 15 is 0 Å². The van der Waals surface area contributed by atoms with E-state index in [-0.39, 0.29) is 0 Å². The van der Waals surface area contributed by atoms with Crippen LogP contribution in [0.15, 0.2) is 221 Å². The minimum absolute atomic E-state index is 0.416. The molecule has 0 aliphatic rings. The summed E-state index contributed by atoms with van der Waals surface area (Å²) in [4.78, 5) is 58.1. The number of methoxy groups -OCH3 is 1. The summed E-state index contributed by atoms with van der Waals surface area (Å²) in [6.07, 6.45) is 54.0. The van der Waals surface area contributed by atoms with E-state index in [0.29, 0.717) is 66.4 Å². The van der Waals surface area contributed by atoms with Gasteiger partial charge in [-0.1, -0.05) is 71.3 Å². The number of fused-ring (bicyclic) bond motifs is 5. The van der Waals surface area contributed by atoms with Gasteiger partial charge in [0.2, 0.25) is 0 Å². The number of aryl methyl sites for hydroxylation is 18. The number of pyridine rings is 6. The molecule has 1 N–H and O–H groups in total. The van der Waals surface area contributed by atoms with Crippen molar-refractivity contribution in [2.24, 2.45) is 49.3 Å². The van der Waals surface area contributed by atoms with Crippen LogP contribution < -0.4 is 0 Å². The molecule has 748 valence electrons. The predicted octanol–water partition coefficient (Wildman–Crippen LogP) is 23.8. The lowest BCUT2D eigenvalue weighted by Gasteiger charge is -2.13. The molecule has 0 unspecified atom stereocenters. The monoisotopic (exact) mass is 2040 g/mol. The number of rotatable bonds is 30. The molecule has 0 saturated carbocycles. The molecule has 0 atom stereocenters. The highest BCUT2D eigenvalue weighted by Crippen LogP contribution is 2.38. The largest absolute Gasteiger partial charge is 0.385 e. The van der Waals surface area contributed by atoms with Crippen molar-refractivity contribution < 1.29 is 4.74 Å². The fourth-order valence-electron chi connectivity index (χ4n) is 17.6. The fraction of sp³-hybridized carbons (Fsp3) is 0.222. The molecule has 20 rings (SSSR count). The van der Waals surface area contributed by atoms with Gasteiger partial charge in [-0.05, 0) is 284 Å². The van der Waals surface area contributed by atoms with E-state index in [9.17, 15) is 0 Å². The second-order valence-corrected chi connectivity index (χ2v) is 37.5. The number of hydrogen-bond acceptors (Lipinski definition) is 22. The van der Waals surface area contributed by atoms with Gasteiger partial charge in [-0.25, -0.2) is 59.8 Å². The van der Waals surface area contributed by atoms with Crippen LogP contribution in [0.25, 0.3) is 160 Å². The van der Waals surface area contributed by atoms with Gasteiger partial charge in [-0.2, -0.15) is 41.6 Å². The maximum absolute atomic E-state index is 9.02. The van der Waals surface area contributed by atoms with Gasteiger partial charge in [-0.15, -0.1) is 0 Å². The molecule has 0 fully saturated rings. The van der Waals surface area contributed by atoms with Gasteiger partial charge >= 0.3 is 0 Å². The highest BCUT2D eigenvalue weighted by atomic mass is 35.5. The van der Waals surface area contributed by atoms with Crippen LogP contribution in [0.5, 0.6) is 0 Å². The number of aromatic nitrogens is 24. The molecule has 150 heavy (non-hydrogen) atoms. The van der Waals surface area contributed by atoms with Gasteiger partial charge in [0.05, 0.1) is 189 Å². The van der Waals surface area contributed by atoms with Gasteiger partial charge in [-0.3, -0.25) is 19.4 Å². The standard InChI is InChI=1S/C27H26ClN5O.C23H24N6.C23H20N6.2C22H19ClN6/c1-33-18-30-17-27(33)26-15-20(8-7-19-9-11-31-22(13-19)6-4-12-34-2)23-14-21(5-3-10-29)24(28)16-25(23)32-26;1-16-11-21-20(12-17(16)5-4-9-24)18(6-7-19-8-10-26-29(19)3)13-22(27-21)23-14-25-15-28(23)2;1-16-8-21-20(9-18(16)4-3-7-24)19(6-5-17-11-25-14-26-12-17)10-22(28-21)23-13-27-15-29(23)2;1-28-14-25-13-22(28)21-11-15(5-6-17-7-9-26-29(17)2)18-10-16(4-3-8-24)19(23)12-20(18)27-21;1-14-8-17(28-27-14)6-5-15-10-21(22-12-25-13-29(22)2)26-20-11-19(23)16(4-3-7-24)9-18(15)20/h7-9,11,13-18H,3-6,12H2,1-2H3;8,10-15H,4-7H2,1-3H3;5-6,8-15H,3-4H2,1-2H3;5-7,9-14H,3-4H2,1-2H3;5-6,8-13H,3-4H2,1-2H3,(H,27,28)/b8-7+;;3*6-5+. The molecule has 15 heterocycles. The minimum atomic E-state index is 0.416. The number of nitrogens with zero attached hydrogens (tertiary/aromatic N) is 28. The molecule has 0 spiro atoms. The van der Waals surface area contributed by atoms with E-state index in [2.05, 4.69) is 189 Å². The molecule has 30 nitrogen and oxygen atoms in total. The van der Waals surface area contributed by atoms with Gasteiger partial charge in [0.1, 0.15) is 6.33 Å². The molecule has 0 bridgehead atoms. The maximum Gasteiger partial charge on any atom is 0.115 e. The predicted molar refractivity (Wildman–Crippen MR) is 593 cm³/mol. The van der Waals surface area contributed by atoms with Crippen LogP contribution in [-0.2, 0) is 105 Å². The minimum Gasteiger partial charge on any atom is -0.385 e. The first kappa shape index (κ1) is 105. The lowest BCUT2D eigenvalue weighted by Crippen LogP contribution is -2.03. The third kappa shape index (κ3) is 26.0. The molecule has 0 saturated heterocycles. The van der Waals surface area contributed by atoms with Crippen molar-refractivity contribution in [1.82, 2.24) is 117 Å². The van der Waals surface area contributed by atoms with Crippen molar-refractivity contribution in [3.63, 3.8) is 0 Å².